The molecule has 1 aromatic carbocycles. The minimum Gasteiger partial charge on any atom is -0.350 e. The summed E-state index contributed by atoms with van der Waals surface area (Å²) in [5.74, 6) is 0.142. The van der Waals surface area contributed by atoms with Crippen molar-refractivity contribution in [3.63, 3.8) is 0 Å². The number of fused-ring (bicyclic) bond motifs is 1. The topological polar surface area (TPSA) is 67.5 Å². The zero-order valence-corrected chi connectivity index (χ0v) is 9.68. The summed E-state index contributed by atoms with van der Waals surface area (Å²) in [5, 5.41) is 4.06. The second kappa shape index (κ2) is 4.82. The van der Waals surface area contributed by atoms with Crippen molar-refractivity contribution in [3.8, 4) is 0 Å². The Hall–Kier alpha value is -2.10. The van der Waals surface area contributed by atoms with Gasteiger partial charge in [0, 0.05) is 11.6 Å². The van der Waals surface area contributed by atoms with Crippen LogP contribution in [0, 0.1) is 0 Å². The number of carbonyl (C=O) groups excluding carboxylic acids is 1. The van der Waals surface area contributed by atoms with Gasteiger partial charge in [-0.2, -0.15) is 5.10 Å². The molecule has 1 atom stereocenters. The number of primary amides is 1. The number of amides is 2. The Morgan fingerprint density at radius 1 is 1.47 bits per heavy atom. The van der Waals surface area contributed by atoms with E-state index in [9.17, 15) is 4.79 Å². The number of nitrogens with one attached hydrogen (secondary N) is 1. The summed E-state index contributed by atoms with van der Waals surface area (Å²) in [6.07, 6.45) is 4.94. The largest absolute Gasteiger partial charge is 0.350 e. The van der Waals surface area contributed by atoms with E-state index in [-0.39, 0.29) is 5.92 Å². The maximum atomic E-state index is 10.7. The third-order valence-corrected chi connectivity index (χ3v) is 2.83. The molecule has 0 fully saturated rings. The molecule has 2 rings (SSSR count). The molecular formula is C13H15N3O. The number of rotatable bonds is 3. The van der Waals surface area contributed by atoms with E-state index in [1.807, 2.05) is 19.1 Å². The first-order chi connectivity index (χ1) is 8.22. The highest BCUT2D eigenvalue weighted by molar-refractivity contribution is 5.96. The standard InChI is InChI=1S/C13H15N3O/c1-2-12(15-16-13(14)17)11-8-7-9-5-3-4-6-10(9)11/h3-8,11H,2H2,1H3,(H3,14,16,17). The third-order valence-electron chi connectivity index (χ3n) is 2.83. The van der Waals surface area contributed by atoms with E-state index >= 15 is 0 Å². The van der Waals surface area contributed by atoms with Gasteiger partial charge in [0.25, 0.3) is 0 Å². The molecule has 2 amide bonds. The molecule has 4 nitrogen and oxygen atoms in total. The molecule has 0 saturated carbocycles. The van der Waals surface area contributed by atoms with Crippen LogP contribution in [0.1, 0.15) is 30.4 Å². The molecule has 0 aromatic heterocycles. The van der Waals surface area contributed by atoms with Crippen LogP contribution >= 0.6 is 0 Å². The predicted octanol–water partition coefficient (Wildman–Crippen LogP) is 2.23. The molecule has 1 aliphatic rings. The monoisotopic (exact) mass is 229 g/mol. The zero-order valence-electron chi connectivity index (χ0n) is 9.68. The number of hydrazone groups is 1. The van der Waals surface area contributed by atoms with Crippen molar-refractivity contribution >= 4 is 17.8 Å². The normalized spacial score (nSPS) is 17.9. The van der Waals surface area contributed by atoms with Crippen LogP contribution in [-0.4, -0.2) is 11.7 Å². The van der Waals surface area contributed by atoms with Crippen LogP contribution in [-0.2, 0) is 0 Å². The van der Waals surface area contributed by atoms with Gasteiger partial charge in [0.2, 0.25) is 0 Å². The van der Waals surface area contributed by atoms with Gasteiger partial charge < -0.3 is 5.73 Å². The highest BCUT2D eigenvalue weighted by Crippen LogP contribution is 2.31. The highest BCUT2D eigenvalue weighted by Gasteiger charge is 2.20. The number of hydrogen-bond acceptors (Lipinski definition) is 2. The van der Waals surface area contributed by atoms with Crippen molar-refractivity contribution in [2.45, 2.75) is 19.3 Å². The van der Waals surface area contributed by atoms with Crippen LogP contribution in [0.3, 0.4) is 0 Å². The fraction of sp³-hybridized carbons (Fsp3) is 0.231. The number of urea groups is 1. The molecular weight excluding hydrogens is 214 g/mol. The second-order valence-corrected chi connectivity index (χ2v) is 3.90. The van der Waals surface area contributed by atoms with Crippen LogP contribution < -0.4 is 11.2 Å². The van der Waals surface area contributed by atoms with Gasteiger partial charge >= 0.3 is 6.03 Å². The van der Waals surface area contributed by atoms with Crippen LogP contribution in [0.25, 0.3) is 6.08 Å². The Labute approximate surface area is 100 Å². The van der Waals surface area contributed by atoms with Crippen LogP contribution in [0.5, 0.6) is 0 Å². The smallest absolute Gasteiger partial charge is 0.332 e. The first-order valence-electron chi connectivity index (χ1n) is 5.61. The van der Waals surface area contributed by atoms with E-state index in [1.54, 1.807) is 0 Å². The quantitative estimate of drug-likeness (QED) is 0.605. The number of carbonyl (C=O) groups is 1. The summed E-state index contributed by atoms with van der Waals surface area (Å²) < 4.78 is 0. The van der Waals surface area contributed by atoms with Crippen molar-refractivity contribution in [2.75, 3.05) is 0 Å². The molecule has 0 saturated heterocycles. The maximum absolute atomic E-state index is 10.7. The molecule has 1 aliphatic carbocycles. The van der Waals surface area contributed by atoms with Gasteiger partial charge in [-0.15, -0.1) is 0 Å². The molecule has 4 heteroatoms. The average Bonchev–Trinajstić information content (AvgIpc) is 2.74. The summed E-state index contributed by atoms with van der Waals surface area (Å²) in [6, 6.07) is 7.53. The van der Waals surface area contributed by atoms with Gasteiger partial charge in [0.1, 0.15) is 0 Å². The lowest BCUT2D eigenvalue weighted by Crippen LogP contribution is -2.26. The van der Waals surface area contributed by atoms with E-state index in [2.05, 4.69) is 34.8 Å². The van der Waals surface area contributed by atoms with E-state index in [4.69, 9.17) is 5.73 Å². The van der Waals surface area contributed by atoms with Crippen LogP contribution in [0.4, 0.5) is 4.79 Å². The summed E-state index contributed by atoms with van der Waals surface area (Å²) in [6.45, 7) is 2.01. The number of hydrogen-bond donors (Lipinski definition) is 2. The van der Waals surface area contributed by atoms with Crippen molar-refractivity contribution in [3.05, 3.63) is 41.5 Å². The lowest BCUT2D eigenvalue weighted by molar-refractivity contribution is 0.249. The predicted molar refractivity (Wildman–Crippen MR) is 68.7 cm³/mol. The Kier molecular flexibility index (Phi) is 3.23. The SMILES string of the molecule is CCC(=NNC(N)=O)C1C=Cc2ccccc21. The summed E-state index contributed by atoms with van der Waals surface area (Å²) in [4.78, 5) is 10.7. The second-order valence-electron chi connectivity index (χ2n) is 3.90. The zero-order chi connectivity index (χ0) is 12.3. The van der Waals surface area contributed by atoms with Gasteiger partial charge in [0.15, 0.2) is 0 Å². The van der Waals surface area contributed by atoms with Gasteiger partial charge in [-0.1, -0.05) is 43.3 Å². The first kappa shape index (κ1) is 11.4. The maximum Gasteiger partial charge on any atom is 0.332 e. The van der Waals surface area contributed by atoms with E-state index in [1.165, 1.54) is 11.1 Å². The third kappa shape index (κ3) is 2.36. The molecule has 0 heterocycles. The number of nitrogens with two attached hydrogens (primary N) is 1. The lowest BCUT2D eigenvalue weighted by Gasteiger charge is -2.12. The molecule has 0 radical (unpaired) electrons. The van der Waals surface area contributed by atoms with Gasteiger partial charge in [0.05, 0.1) is 0 Å². The van der Waals surface area contributed by atoms with Crippen molar-refractivity contribution in [1.82, 2.24) is 5.43 Å². The average molecular weight is 229 g/mol. The van der Waals surface area contributed by atoms with Crippen molar-refractivity contribution < 1.29 is 4.79 Å². The molecule has 88 valence electrons. The molecule has 0 bridgehead atoms. The molecule has 0 aliphatic heterocycles. The minimum absolute atomic E-state index is 0.142. The van der Waals surface area contributed by atoms with Gasteiger partial charge in [-0.05, 0) is 17.5 Å². The first-order valence-corrected chi connectivity index (χ1v) is 5.61. The van der Waals surface area contributed by atoms with Crippen molar-refractivity contribution in [1.29, 1.82) is 0 Å². The minimum atomic E-state index is -0.633. The molecule has 17 heavy (non-hydrogen) atoms. The summed E-state index contributed by atoms with van der Waals surface area (Å²) >= 11 is 0. The van der Waals surface area contributed by atoms with Crippen LogP contribution in [0.15, 0.2) is 35.4 Å². The molecule has 1 aromatic rings. The Morgan fingerprint density at radius 2 is 2.24 bits per heavy atom. The molecule has 1 unspecified atom stereocenters. The van der Waals surface area contributed by atoms with Gasteiger partial charge in [-0.25, -0.2) is 10.2 Å². The van der Waals surface area contributed by atoms with E-state index < -0.39 is 6.03 Å². The highest BCUT2D eigenvalue weighted by atomic mass is 16.2. The lowest BCUT2D eigenvalue weighted by atomic mass is 9.95. The Bertz CT molecular complexity index is 491. The van der Waals surface area contributed by atoms with E-state index in [0.717, 1.165) is 12.1 Å². The van der Waals surface area contributed by atoms with Crippen LogP contribution in [0.2, 0.25) is 0 Å². The van der Waals surface area contributed by atoms with Crippen molar-refractivity contribution in [2.24, 2.45) is 10.8 Å². The number of allylic oxidation sites excluding steroid dienone is 1. The fourth-order valence-corrected chi connectivity index (χ4v) is 2.04. The number of nitrogens with zero attached hydrogens (tertiary/aromatic N) is 1. The number of benzene rings is 1. The molecule has 0 spiro atoms. The van der Waals surface area contributed by atoms with E-state index in [0.29, 0.717) is 0 Å². The summed E-state index contributed by atoms with van der Waals surface area (Å²) in [7, 11) is 0. The Balaban J connectivity index is 2.26. The fourth-order valence-electron chi connectivity index (χ4n) is 2.04. The Morgan fingerprint density at radius 3 is 2.94 bits per heavy atom. The summed E-state index contributed by atoms with van der Waals surface area (Å²) in [5.41, 5.74) is 10.6. The van der Waals surface area contributed by atoms with Gasteiger partial charge in [-0.3, -0.25) is 0 Å². The molecule has 3 N–H and O–H groups in total.